The monoisotopic (exact) mass is 376 g/mol. The molecule has 0 amide bonds. The Morgan fingerprint density at radius 2 is 1.40 bits per heavy atom. The third-order valence-electron chi connectivity index (χ3n) is 3.87. The van der Waals surface area contributed by atoms with E-state index in [2.05, 4.69) is 34.4 Å². The molecule has 0 spiro atoms. The summed E-state index contributed by atoms with van der Waals surface area (Å²) in [7, 11) is -3.10. The van der Waals surface area contributed by atoms with Crippen LogP contribution in [0.3, 0.4) is 0 Å². The molecule has 0 radical (unpaired) electrons. The fraction of sp³-hybridized carbons (Fsp3) is 0.889. The molecule has 5 N–H and O–H groups in total. The molecule has 0 bridgehead atoms. The highest BCUT2D eigenvalue weighted by Crippen LogP contribution is 2.05. The van der Waals surface area contributed by atoms with Gasteiger partial charge in [0.2, 0.25) is 10.0 Å². The number of nitrogens with one attached hydrogen (secondary N) is 3. The molecule has 0 atom stereocenters. The minimum atomic E-state index is -3.10. The van der Waals surface area contributed by atoms with E-state index < -0.39 is 10.0 Å². The van der Waals surface area contributed by atoms with Gasteiger partial charge in [0.25, 0.3) is 0 Å². The lowest BCUT2D eigenvalue weighted by atomic mass is 10.1. The normalized spacial score (nSPS) is 12.2. The molecule has 0 saturated carbocycles. The van der Waals surface area contributed by atoms with Gasteiger partial charge in [-0.3, -0.25) is 0 Å². The maximum atomic E-state index is 11.8. The standard InChI is InChI=1S/C18H40N4O2S/c1-2-3-4-5-6-9-18-25(23,24)22-17-11-16-21-14-8-7-13-20-15-10-12-19/h7-8,20-22H,2-6,9-19H2,1H3/b8-7+. The van der Waals surface area contributed by atoms with Crippen LogP contribution < -0.4 is 21.1 Å². The molecule has 0 aliphatic heterocycles. The van der Waals surface area contributed by atoms with Gasteiger partial charge >= 0.3 is 0 Å². The second kappa shape index (κ2) is 18.3. The van der Waals surface area contributed by atoms with Gasteiger partial charge in [0, 0.05) is 19.6 Å². The van der Waals surface area contributed by atoms with Gasteiger partial charge < -0.3 is 16.4 Å². The van der Waals surface area contributed by atoms with E-state index in [-0.39, 0.29) is 5.75 Å². The van der Waals surface area contributed by atoms with Gasteiger partial charge in [-0.25, -0.2) is 13.1 Å². The number of sulfonamides is 1. The van der Waals surface area contributed by atoms with Crippen molar-refractivity contribution in [2.45, 2.75) is 58.3 Å². The van der Waals surface area contributed by atoms with Crippen LogP contribution in [0, 0.1) is 0 Å². The Hall–Kier alpha value is -0.470. The first-order valence-corrected chi connectivity index (χ1v) is 11.5. The SMILES string of the molecule is CCCCCCCCS(=O)(=O)NCCCNC/C=C/CNCCCN. The van der Waals surface area contributed by atoms with E-state index in [9.17, 15) is 8.42 Å². The maximum Gasteiger partial charge on any atom is 0.211 e. The molecule has 0 heterocycles. The topological polar surface area (TPSA) is 96.2 Å². The quantitative estimate of drug-likeness (QED) is 0.203. The van der Waals surface area contributed by atoms with Crippen molar-refractivity contribution in [3.05, 3.63) is 12.2 Å². The van der Waals surface area contributed by atoms with Crippen molar-refractivity contribution in [3.63, 3.8) is 0 Å². The van der Waals surface area contributed by atoms with E-state index in [4.69, 9.17) is 5.73 Å². The molecule has 0 unspecified atom stereocenters. The van der Waals surface area contributed by atoms with E-state index in [1.165, 1.54) is 19.3 Å². The summed E-state index contributed by atoms with van der Waals surface area (Å²) in [6, 6.07) is 0. The van der Waals surface area contributed by atoms with Crippen LogP contribution in [-0.4, -0.2) is 53.4 Å². The zero-order chi connectivity index (χ0) is 18.6. The molecule has 0 saturated heterocycles. The highest BCUT2D eigenvalue weighted by Gasteiger charge is 2.08. The maximum absolute atomic E-state index is 11.8. The number of hydrogen-bond donors (Lipinski definition) is 4. The smallest absolute Gasteiger partial charge is 0.211 e. The molecule has 7 heteroatoms. The number of hydrogen-bond acceptors (Lipinski definition) is 5. The molecule has 0 aromatic carbocycles. The lowest BCUT2D eigenvalue weighted by Crippen LogP contribution is -2.29. The van der Waals surface area contributed by atoms with E-state index in [0.29, 0.717) is 6.54 Å². The summed E-state index contributed by atoms with van der Waals surface area (Å²) < 4.78 is 26.4. The Kier molecular flexibility index (Phi) is 18.0. The van der Waals surface area contributed by atoms with E-state index in [1.807, 2.05) is 0 Å². The molecular formula is C18H40N4O2S. The van der Waals surface area contributed by atoms with E-state index in [1.54, 1.807) is 0 Å². The summed E-state index contributed by atoms with van der Waals surface area (Å²) in [6.07, 6.45) is 12.6. The van der Waals surface area contributed by atoms with Crippen molar-refractivity contribution in [1.29, 1.82) is 0 Å². The Balaban J connectivity index is 3.40. The Labute approximate surface area is 155 Å². The summed E-state index contributed by atoms with van der Waals surface area (Å²) >= 11 is 0. The van der Waals surface area contributed by atoms with Crippen LogP contribution in [0.2, 0.25) is 0 Å². The first kappa shape index (κ1) is 24.5. The van der Waals surface area contributed by atoms with Gasteiger partial charge in [-0.05, 0) is 38.9 Å². The van der Waals surface area contributed by atoms with Gasteiger partial charge in [0.15, 0.2) is 0 Å². The first-order chi connectivity index (χ1) is 12.1. The fourth-order valence-electron chi connectivity index (χ4n) is 2.35. The van der Waals surface area contributed by atoms with Crippen LogP contribution >= 0.6 is 0 Å². The molecule has 150 valence electrons. The zero-order valence-corrected chi connectivity index (χ0v) is 16.9. The largest absolute Gasteiger partial charge is 0.330 e. The van der Waals surface area contributed by atoms with Crippen molar-refractivity contribution < 1.29 is 8.42 Å². The summed E-state index contributed by atoms with van der Waals surface area (Å²) in [5, 5.41) is 6.55. The summed E-state index contributed by atoms with van der Waals surface area (Å²) in [5.41, 5.74) is 5.41. The predicted molar refractivity (Wildman–Crippen MR) is 108 cm³/mol. The number of unbranched alkanes of at least 4 members (excludes halogenated alkanes) is 5. The summed E-state index contributed by atoms with van der Waals surface area (Å²) in [6.45, 7) is 6.85. The molecule has 0 aromatic heterocycles. The van der Waals surface area contributed by atoms with Crippen LogP contribution in [0.1, 0.15) is 58.3 Å². The van der Waals surface area contributed by atoms with E-state index in [0.717, 1.165) is 64.8 Å². The summed E-state index contributed by atoms with van der Waals surface area (Å²) in [4.78, 5) is 0. The van der Waals surface area contributed by atoms with Crippen LogP contribution in [0.5, 0.6) is 0 Å². The second-order valence-corrected chi connectivity index (χ2v) is 8.28. The second-order valence-electron chi connectivity index (χ2n) is 6.36. The minimum Gasteiger partial charge on any atom is -0.330 e. The lowest BCUT2D eigenvalue weighted by molar-refractivity contribution is 0.566. The van der Waals surface area contributed by atoms with Crippen molar-refractivity contribution in [1.82, 2.24) is 15.4 Å². The van der Waals surface area contributed by atoms with Crippen molar-refractivity contribution in [2.75, 3.05) is 45.0 Å². The lowest BCUT2D eigenvalue weighted by Gasteiger charge is -2.07. The number of nitrogens with two attached hydrogens (primary N) is 1. The third kappa shape index (κ3) is 19.7. The minimum absolute atomic E-state index is 0.256. The molecule has 0 rings (SSSR count). The van der Waals surface area contributed by atoms with Gasteiger partial charge in [0.05, 0.1) is 5.75 Å². The van der Waals surface area contributed by atoms with Crippen molar-refractivity contribution >= 4 is 10.0 Å². The fourth-order valence-corrected chi connectivity index (χ4v) is 3.53. The number of rotatable bonds is 19. The predicted octanol–water partition coefficient (Wildman–Crippen LogP) is 1.74. The third-order valence-corrected chi connectivity index (χ3v) is 5.34. The van der Waals surface area contributed by atoms with Crippen LogP contribution in [-0.2, 0) is 10.0 Å². The highest BCUT2D eigenvalue weighted by molar-refractivity contribution is 7.89. The van der Waals surface area contributed by atoms with Crippen LogP contribution in [0.15, 0.2) is 12.2 Å². The van der Waals surface area contributed by atoms with Gasteiger partial charge in [-0.15, -0.1) is 0 Å². The molecular weight excluding hydrogens is 336 g/mol. The molecule has 0 fully saturated rings. The molecule has 0 aliphatic carbocycles. The van der Waals surface area contributed by atoms with Crippen molar-refractivity contribution in [2.24, 2.45) is 5.73 Å². The average molecular weight is 377 g/mol. The summed E-state index contributed by atoms with van der Waals surface area (Å²) in [5.74, 6) is 0.256. The van der Waals surface area contributed by atoms with Crippen LogP contribution in [0.25, 0.3) is 0 Å². The Morgan fingerprint density at radius 1 is 0.800 bits per heavy atom. The first-order valence-electron chi connectivity index (χ1n) is 9.86. The molecule has 6 nitrogen and oxygen atoms in total. The molecule has 0 aliphatic rings. The molecule has 25 heavy (non-hydrogen) atoms. The van der Waals surface area contributed by atoms with Gasteiger partial charge in [0.1, 0.15) is 0 Å². The highest BCUT2D eigenvalue weighted by atomic mass is 32.2. The Bertz CT molecular complexity index is 400. The zero-order valence-electron chi connectivity index (χ0n) is 16.1. The Morgan fingerprint density at radius 3 is 2.04 bits per heavy atom. The average Bonchev–Trinajstić information content (AvgIpc) is 2.59. The van der Waals surface area contributed by atoms with Gasteiger partial charge in [-0.1, -0.05) is 51.2 Å². The van der Waals surface area contributed by atoms with Gasteiger partial charge in [-0.2, -0.15) is 0 Å². The van der Waals surface area contributed by atoms with Crippen LogP contribution in [0.4, 0.5) is 0 Å². The molecule has 0 aromatic rings. The van der Waals surface area contributed by atoms with Crippen molar-refractivity contribution in [3.8, 4) is 0 Å². The van der Waals surface area contributed by atoms with E-state index >= 15 is 0 Å².